The minimum atomic E-state index is -1.20. The van der Waals surface area contributed by atoms with Crippen molar-refractivity contribution in [1.82, 2.24) is 0 Å². The van der Waals surface area contributed by atoms with Crippen LogP contribution < -0.4 is 4.74 Å². The lowest BCUT2D eigenvalue weighted by Crippen LogP contribution is -2.21. The van der Waals surface area contributed by atoms with E-state index in [-0.39, 0.29) is 0 Å². The minimum Gasteiger partial charge on any atom is -0.481 e. The first-order valence-electron chi connectivity index (χ1n) is 8.78. The predicted molar refractivity (Wildman–Crippen MR) is 98.6 cm³/mol. The van der Waals surface area contributed by atoms with Crippen LogP contribution >= 0.6 is 0 Å². The standard InChI is InChI=1S/C21H24O5/c1-3-9-14-12-8-13-17(16(4-2)20(22)23)18(14)26-19(21(24)25)15-10-6-5-7-11-15/h5-8,10-13,16,19H,3-4,9H2,1-2H3,(H,22,23)(H,24,25). The Bertz CT molecular complexity index is 754. The number of carbonyl (C=O) groups is 2. The van der Waals surface area contributed by atoms with Crippen molar-refractivity contribution < 1.29 is 24.5 Å². The Balaban J connectivity index is 2.54. The van der Waals surface area contributed by atoms with Crippen LogP contribution in [0.2, 0.25) is 0 Å². The second kappa shape index (κ2) is 9.04. The highest BCUT2D eigenvalue weighted by molar-refractivity contribution is 5.78. The van der Waals surface area contributed by atoms with Crippen LogP contribution in [0.3, 0.4) is 0 Å². The van der Waals surface area contributed by atoms with Gasteiger partial charge >= 0.3 is 11.9 Å². The molecule has 2 atom stereocenters. The molecule has 0 aliphatic carbocycles. The lowest BCUT2D eigenvalue weighted by molar-refractivity contribution is -0.145. The van der Waals surface area contributed by atoms with Gasteiger partial charge in [0.05, 0.1) is 5.92 Å². The van der Waals surface area contributed by atoms with Crippen LogP contribution in [-0.4, -0.2) is 22.2 Å². The van der Waals surface area contributed by atoms with Gasteiger partial charge < -0.3 is 14.9 Å². The summed E-state index contributed by atoms with van der Waals surface area (Å²) < 4.78 is 5.95. The average Bonchev–Trinajstić information content (AvgIpc) is 2.62. The zero-order valence-corrected chi connectivity index (χ0v) is 15.0. The van der Waals surface area contributed by atoms with E-state index in [4.69, 9.17) is 4.74 Å². The van der Waals surface area contributed by atoms with E-state index in [1.807, 2.05) is 13.0 Å². The number of hydrogen-bond acceptors (Lipinski definition) is 3. The minimum absolute atomic E-state index is 0.375. The van der Waals surface area contributed by atoms with Gasteiger partial charge in [0.15, 0.2) is 0 Å². The molecule has 0 aliphatic rings. The van der Waals surface area contributed by atoms with E-state index in [9.17, 15) is 19.8 Å². The van der Waals surface area contributed by atoms with Gasteiger partial charge in [-0.25, -0.2) is 4.79 Å². The van der Waals surface area contributed by atoms with Crippen LogP contribution in [0.1, 0.15) is 55.4 Å². The fourth-order valence-corrected chi connectivity index (χ4v) is 3.02. The third-order valence-corrected chi connectivity index (χ3v) is 4.29. The second-order valence-electron chi connectivity index (χ2n) is 6.13. The summed E-state index contributed by atoms with van der Waals surface area (Å²) in [5.41, 5.74) is 1.86. The maximum absolute atomic E-state index is 11.8. The number of benzene rings is 2. The van der Waals surface area contributed by atoms with Crippen molar-refractivity contribution in [2.24, 2.45) is 0 Å². The molecule has 0 saturated heterocycles. The molecule has 0 spiro atoms. The quantitative estimate of drug-likeness (QED) is 0.695. The molecule has 2 unspecified atom stereocenters. The number of carboxylic acid groups (broad SMARTS) is 2. The predicted octanol–water partition coefficient (Wildman–Crippen LogP) is 4.42. The highest BCUT2D eigenvalue weighted by Gasteiger charge is 2.28. The molecule has 0 amide bonds. The van der Waals surface area contributed by atoms with Crippen LogP contribution in [0.5, 0.6) is 5.75 Å². The van der Waals surface area contributed by atoms with Crippen molar-refractivity contribution in [1.29, 1.82) is 0 Å². The maximum atomic E-state index is 11.8. The van der Waals surface area contributed by atoms with Gasteiger partial charge in [-0.15, -0.1) is 0 Å². The lowest BCUT2D eigenvalue weighted by Gasteiger charge is -2.23. The molecule has 138 valence electrons. The summed E-state index contributed by atoms with van der Waals surface area (Å²) in [4.78, 5) is 23.5. The van der Waals surface area contributed by atoms with Gasteiger partial charge in [0.2, 0.25) is 6.10 Å². The molecule has 0 aliphatic heterocycles. The van der Waals surface area contributed by atoms with Gasteiger partial charge in [0.1, 0.15) is 5.75 Å². The molecule has 0 fully saturated rings. The Morgan fingerprint density at radius 3 is 2.19 bits per heavy atom. The third-order valence-electron chi connectivity index (χ3n) is 4.29. The molecule has 2 rings (SSSR count). The molecule has 26 heavy (non-hydrogen) atoms. The van der Waals surface area contributed by atoms with Crippen LogP contribution in [0.15, 0.2) is 48.5 Å². The molecule has 0 saturated carbocycles. The number of aliphatic carboxylic acids is 2. The number of carboxylic acids is 2. The monoisotopic (exact) mass is 356 g/mol. The summed E-state index contributed by atoms with van der Waals surface area (Å²) in [5.74, 6) is -2.43. The van der Waals surface area contributed by atoms with Gasteiger partial charge in [-0.05, 0) is 18.4 Å². The second-order valence-corrected chi connectivity index (χ2v) is 6.13. The number of aryl methyl sites for hydroxylation is 1. The first kappa shape index (κ1) is 19.5. The van der Waals surface area contributed by atoms with E-state index in [1.165, 1.54) is 0 Å². The number of rotatable bonds is 9. The Hall–Kier alpha value is -2.82. The summed E-state index contributed by atoms with van der Waals surface area (Å²) in [6.45, 7) is 3.80. The molecule has 2 aromatic rings. The molecule has 5 nitrogen and oxygen atoms in total. The normalized spacial score (nSPS) is 13.0. The van der Waals surface area contributed by atoms with Crippen molar-refractivity contribution in [2.45, 2.75) is 45.1 Å². The number of ether oxygens (including phenoxy) is 1. The van der Waals surface area contributed by atoms with Crippen LogP contribution in [0.4, 0.5) is 0 Å². The van der Waals surface area contributed by atoms with Gasteiger partial charge in [0.25, 0.3) is 0 Å². The van der Waals surface area contributed by atoms with E-state index in [2.05, 4.69) is 0 Å². The lowest BCUT2D eigenvalue weighted by atomic mass is 9.92. The Morgan fingerprint density at radius 1 is 0.962 bits per heavy atom. The van der Waals surface area contributed by atoms with Gasteiger partial charge in [0, 0.05) is 11.1 Å². The summed E-state index contributed by atoms with van der Waals surface area (Å²) in [7, 11) is 0. The van der Waals surface area contributed by atoms with Gasteiger partial charge in [-0.2, -0.15) is 0 Å². The molecule has 2 N–H and O–H groups in total. The highest BCUT2D eigenvalue weighted by atomic mass is 16.5. The summed E-state index contributed by atoms with van der Waals surface area (Å²) >= 11 is 0. The van der Waals surface area contributed by atoms with E-state index >= 15 is 0 Å². The molecule has 0 radical (unpaired) electrons. The fraction of sp³-hybridized carbons (Fsp3) is 0.333. The topological polar surface area (TPSA) is 83.8 Å². The maximum Gasteiger partial charge on any atom is 0.349 e. The molecule has 5 heteroatoms. The van der Waals surface area contributed by atoms with Gasteiger partial charge in [-0.3, -0.25) is 4.79 Å². The van der Waals surface area contributed by atoms with E-state index in [0.29, 0.717) is 29.7 Å². The third kappa shape index (κ3) is 4.42. The van der Waals surface area contributed by atoms with Crippen LogP contribution in [0.25, 0.3) is 0 Å². The van der Waals surface area contributed by atoms with E-state index < -0.39 is 24.0 Å². The Labute approximate surface area is 153 Å². The smallest absolute Gasteiger partial charge is 0.349 e. The van der Waals surface area contributed by atoms with Crippen molar-refractivity contribution in [3.63, 3.8) is 0 Å². The van der Waals surface area contributed by atoms with Crippen LogP contribution in [-0.2, 0) is 16.0 Å². The first-order valence-corrected chi connectivity index (χ1v) is 8.78. The van der Waals surface area contributed by atoms with Crippen molar-refractivity contribution >= 4 is 11.9 Å². The summed E-state index contributed by atoms with van der Waals surface area (Å²) in [6.07, 6.45) is 0.719. The van der Waals surface area contributed by atoms with E-state index in [1.54, 1.807) is 49.4 Å². The van der Waals surface area contributed by atoms with E-state index in [0.717, 1.165) is 12.0 Å². The summed E-state index contributed by atoms with van der Waals surface area (Å²) in [6, 6.07) is 14.1. The summed E-state index contributed by atoms with van der Waals surface area (Å²) in [5, 5.41) is 19.2. The van der Waals surface area contributed by atoms with Crippen LogP contribution in [0, 0.1) is 0 Å². The SMILES string of the molecule is CCCc1cccc(C(CC)C(=O)O)c1OC(C(=O)O)c1ccccc1. The molecule has 0 heterocycles. The highest BCUT2D eigenvalue weighted by Crippen LogP contribution is 2.36. The fourth-order valence-electron chi connectivity index (χ4n) is 3.02. The largest absolute Gasteiger partial charge is 0.481 e. The first-order chi connectivity index (χ1) is 12.5. The average molecular weight is 356 g/mol. The number of para-hydroxylation sites is 1. The van der Waals surface area contributed by atoms with Crippen molar-refractivity contribution in [2.75, 3.05) is 0 Å². The molecule has 0 aromatic heterocycles. The zero-order chi connectivity index (χ0) is 19.1. The van der Waals surface area contributed by atoms with Crippen molar-refractivity contribution in [3.8, 4) is 5.75 Å². The molecular formula is C21H24O5. The molecular weight excluding hydrogens is 332 g/mol. The Morgan fingerprint density at radius 2 is 1.65 bits per heavy atom. The molecule has 2 aromatic carbocycles. The van der Waals surface area contributed by atoms with Crippen molar-refractivity contribution in [3.05, 3.63) is 65.2 Å². The number of hydrogen-bond donors (Lipinski definition) is 2. The van der Waals surface area contributed by atoms with Gasteiger partial charge in [-0.1, -0.05) is 68.8 Å². The zero-order valence-electron chi connectivity index (χ0n) is 15.0. The Kier molecular flexibility index (Phi) is 6.78. The molecule has 0 bridgehead atoms.